The van der Waals surface area contributed by atoms with Gasteiger partial charge in [-0.05, 0) is 19.3 Å². The molecule has 4 N–H and O–H groups in total. The van der Waals surface area contributed by atoms with Gasteiger partial charge in [0.15, 0.2) is 0 Å². The molecule has 0 amide bonds. The molecule has 0 aliphatic heterocycles. The highest BCUT2D eigenvalue weighted by atomic mass is 32.2. The van der Waals surface area contributed by atoms with Crippen LogP contribution in [-0.4, -0.2) is 42.1 Å². The van der Waals surface area contributed by atoms with Crippen LogP contribution < -0.4 is 0 Å². The van der Waals surface area contributed by atoms with Crippen LogP contribution in [0, 0.1) is 0 Å². The molecule has 184 valence electrons. The highest BCUT2D eigenvalue weighted by Gasteiger charge is 2.01. The highest BCUT2D eigenvalue weighted by molar-refractivity contribution is 7.84. The quantitative estimate of drug-likeness (QED) is 0.123. The third kappa shape index (κ3) is 38.8. The fraction of sp³-hybridized carbons (Fsp3) is 1.00. The van der Waals surface area contributed by atoms with Crippen LogP contribution in [0.2, 0.25) is 0 Å². The standard InChI is InChI=1S/C22H46O2S.H3O4P/c1-2-3-4-5-6-7-8-9-10-11-12-13-14-15-16-18-21-25(24)22-19-17-20-23;1-5(2,3)4/h23H,2-22H2,1H3;(H3,1,2,3,4). The van der Waals surface area contributed by atoms with Gasteiger partial charge >= 0.3 is 7.82 Å². The van der Waals surface area contributed by atoms with Crippen molar-refractivity contribution in [3.8, 4) is 0 Å². The van der Waals surface area contributed by atoms with Gasteiger partial charge in [0.1, 0.15) is 0 Å². The van der Waals surface area contributed by atoms with Crippen LogP contribution in [0.5, 0.6) is 0 Å². The molecule has 0 aromatic carbocycles. The Morgan fingerprint density at radius 1 is 0.567 bits per heavy atom. The van der Waals surface area contributed by atoms with Crippen molar-refractivity contribution < 1.29 is 28.6 Å². The molecular formula is C22H49O6PS. The molecule has 0 radical (unpaired) electrons. The number of phosphoric acid groups is 1. The van der Waals surface area contributed by atoms with Crippen LogP contribution in [0.25, 0.3) is 0 Å². The molecule has 0 aromatic rings. The fourth-order valence-electron chi connectivity index (χ4n) is 3.29. The summed E-state index contributed by atoms with van der Waals surface area (Å²) in [4.78, 5) is 21.6. The van der Waals surface area contributed by atoms with Crippen LogP contribution >= 0.6 is 7.82 Å². The SMILES string of the molecule is CCCCCCCCCCCCCCCCCCS(=O)CCCCO.O=P(O)(O)O. The third-order valence-electron chi connectivity index (χ3n) is 5.01. The summed E-state index contributed by atoms with van der Waals surface area (Å²) in [6, 6.07) is 0. The van der Waals surface area contributed by atoms with E-state index in [1.165, 1.54) is 96.3 Å². The minimum absolute atomic E-state index is 0.232. The second kappa shape index (κ2) is 25.5. The Morgan fingerprint density at radius 3 is 1.13 bits per heavy atom. The van der Waals surface area contributed by atoms with E-state index in [4.69, 9.17) is 24.4 Å². The molecule has 0 saturated heterocycles. The zero-order valence-corrected chi connectivity index (χ0v) is 21.0. The first kappa shape index (κ1) is 32.4. The first-order valence-electron chi connectivity index (χ1n) is 12.0. The summed E-state index contributed by atoms with van der Waals surface area (Å²) in [7, 11) is -5.29. The van der Waals surface area contributed by atoms with E-state index < -0.39 is 18.6 Å². The van der Waals surface area contributed by atoms with Gasteiger partial charge in [-0.3, -0.25) is 4.21 Å². The first-order chi connectivity index (χ1) is 14.3. The summed E-state index contributed by atoms with van der Waals surface area (Å²) in [5.41, 5.74) is 0. The Hall–Kier alpha value is 0.220. The summed E-state index contributed by atoms with van der Waals surface area (Å²) in [5.74, 6) is 1.64. The van der Waals surface area contributed by atoms with E-state index in [-0.39, 0.29) is 6.61 Å². The predicted molar refractivity (Wildman–Crippen MR) is 128 cm³/mol. The Labute approximate surface area is 188 Å². The molecule has 0 bridgehead atoms. The summed E-state index contributed by atoms with van der Waals surface area (Å²) in [6.07, 6.45) is 23.8. The molecule has 0 rings (SSSR count). The van der Waals surface area contributed by atoms with Gasteiger partial charge in [-0.1, -0.05) is 103 Å². The van der Waals surface area contributed by atoms with Crippen LogP contribution in [0.4, 0.5) is 0 Å². The van der Waals surface area contributed by atoms with E-state index in [0.29, 0.717) is 0 Å². The van der Waals surface area contributed by atoms with Gasteiger partial charge in [0.2, 0.25) is 0 Å². The fourth-order valence-corrected chi connectivity index (χ4v) is 4.54. The van der Waals surface area contributed by atoms with Crippen molar-refractivity contribution in [2.75, 3.05) is 18.1 Å². The lowest BCUT2D eigenvalue weighted by Crippen LogP contribution is -2.03. The molecule has 0 saturated carbocycles. The van der Waals surface area contributed by atoms with E-state index >= 15 is 0 Å². The molecule has 0 spiro atoms. The zero-order valence-electron chi connectivity index (χ0n) is 19.3. The normalized spacial score (nSPS) is 12.4. The molecule has 1 atom stereocenters. The van der Waals surface area contributed by atoms with Gasteiger partial charge in [0.25, 0.3) is 0 Å². The average molecular weight is 473 g/mol. The van der Waals surface area contributed by atoms with E-state index in [2.05, 4.69) is 6.92 Å². The Balaban J connectivity index is 0. The van der Waals surface area contributed by atoms with Gasteiger partial charge in [0.05, 0.1) is 0 Å². The van der Waals surface area contributed by atoms with Crippen molar-refractivity contribution in [2.45, 2.75) is 122 Å². The number of hydrogen-bond acceptors (Lipinski definition) is 3. The topological polar surface area (TPSA) is 115 Å². The van der Waals surface area contributed by atoms with E-state index in [1.54, 1.807) is 0 Å². The van der Waals surface area contributed by atoms with Crippen molar-refractivity contribution in [1.29, 1.82) is 0 Å². The summed E-state index contributed by atoms with van der Waals surface area (Å²) < 4.78 is 20.6. The Kier molecular flexibility index (Phi) is 27.5. The van der Waals surface area contributed by atoms with Crippen LogP contribution in [0.1, 0.15) is 122 Å². The molecule has 6 nitrogen and oxygen atoms in total. The van der Waals surface area contributed by atoms with Gasteiger partial charge in [-0.25, -0.2) is 4.57 Å². The van der Waals surface area contributed by atoms with Gasteiger partial charge in [-0.15, -0.1) is 0 Å². The maximum absolute atomic E-state index is 11.7. The molecule has 30 heavy (non-hydrogen) atoms. The average Bonchev–Trinajstić information content (AvgIpc) is 2.66. The summed E-state index contributed by atoms with van der Waals surface area (Å²) in [5, 5.41) is 8.70. The third-order valence-corrected chi connectivity index (χ3v) is 6.49. The molecule has 0 aliphatic carbocycles. The first-order valence-corrected chi connectivity index (χ1v) is 15.1. The monoisotopic (exact) mass is 472 g/mol. The molecule has 0 aromatic heterocycles. The number of hydrogen-bond donors (Lipinski definition) is 4. The van der Waals surface area contributed by atoms with E-state index in [1.807, 2.05) is 0 Å². The largest absolute Gasteiger partial charge is 0.466 e. The number of aliphatic hydroxyl groups is 1. The van der Waals surface area contributed by atoms with Crippen LogP contribution in [0.15, 0.2) is 0 Å². The van der Waals surface area contributed by atoms with Gasteiger partial charge in [0, 0.05) is 28.9 Å². The Morgan fingerprint density at radius 2 is 0.833 bits per heavy atom. The van der Waals surface area contributed by atoms with Gasteiger partial charge in [-0.2, -0.15) is 0 Å². The zero-order chi connectivity index (χ0) is 22.9. The number of aliphatic hydroxyl groups excluding tert-OH is 1. The minimum Gasteiger partial charge on any atom is -0.396 e. The maximum atomic E-state index is 11.7. The van der Waals surface area contributed by atoms with E-state index in [0.717, 1.165) is 30.8 Å². The summed E-state index contributed by atoms with van der Waals surface area (Å²) in [6.45, 7) is 2.51. The Bertz CT molecular complexity index is 395. The summed E-state index contributed by atoms with van der Waals surface area (Å²) >= 11 is 0. The molecule has 0 heterocycles. The number of rotatable bonds is 21. The second-order valence-corrected chi connectivity index (χ2v) is 10.8. The lowest BCUT2D eigenvalue weighted by molar-refractivity contribution is 0.275. The maximum Gasteiger partial charge on any atom is 0.466 e. The lowest BCUT2D eigenvalue weighted by atomic mass is 10.0. The molecule has 1 unspecified atom stereocenters. The van der Waals surface area contributed by atoms with Crippen molar-refractivity contribution >= 4 is 18.6 Å². The van der Waals surface area contributed by atoms with Crippen molar-refractivity contribution in [3.05, 3.63) is 0 Å². The van der Waals surface area contributed by atoms with Crippen LogP contribution in [0.3, 0.4) is 0 Å². The van der Waals surface area contributed by atoms with E-state index in [9.17, 15) is 4.21 Å². The number of unbranched alkanes of at least 4 members (excludes halogenated alkanes) is 16. The highest BCUT2D eigenvalue weighted by Crippen LogP contribution is 2.25. The lowest BCUT2D eigenvalue weighted by Gasteiger charge is -2.04. The smallest absolute Gasteiger partial charge is 0.396 e. The minimum atomic E-state index is -4.64. The van der Waals surface area contributed by atoms with Crippen molar-refractivity contribution in [3.63, 3.8) is 0 Å². The molecule has 0 aliphatic rings. The van der Waals surface area contributed by atoms with Gasteiger partial charge < -0.3 is 19.8 Å². The second-order valence-electron chi connectivity index (χ2n) is 8.10. The van der Waals surface area contributed by atoms with Crippen molar-refractivity contribution in [2.24, 2.45) is 0 Å². The van der Waals surface area contributed by atoms with Crippen LogP contribution in [-0.2, 0) is 15.4 Å². The van der Waals surface area contributed by atoms with Crippen molar-refractivity contribution in [1.82, 2.24) is 0 Å². The molecule has 8 heteroatoms. The predicted octanol–water partition coefficient (Wildman–Crippen LogP) is 5.84. The molecule has 0 fully saturated rings. The molecular weight excluding hydrogens is 423 g/mol.